The maximum Gasteiger partial charge on any atom is 0.410 e. The number of rotatable bonds is 3. The number of imide groups is 1. The van der Waals surface area contributed by atoms with Gasteiger partial charge in [0.05, 0.1) is 0 Å². The monoisotopic (exact) mass is 366 g/mol. The molecule has 1 spiro atoms. The highest BCUT2D eigenvalue weighted by Crippen LogP contribution is 2.37. The van der Waals surface area contributed by atoms with Crippen LogP contribution in [0.4, 0.5) is 9.59 Å². The normalized spacial score (nSPS) is 31.9. The summed E-state index contributed by atoms with van der Waals surface area (Å²) in [6.45, 7) is 7.56. The van der Waals surface area contributed by atoms with E-state index in [9.17, 15) is 14.4 Å². The van der Waals surface area contributed by atoms with Gasteiger partial charge in [0.15, 0.2) is 0 Å². The number of nitrogens with zero attached hydrogens (tertiary/aromatic N) is 1. The molecule has 3 fully saturated rings. The zero-order valence-corrected chi connectivity index (χ0v) is 15.9. The first-order valence-electron chi connectivity index (χ1n) is 9.54. The molecule has 146 valence electrons. The second-order valence-corrected chi connectivity index (χ2v) is 8.64. The Labute approximate surface area is 154 Å². The molecule has 8 nitrogen and oxygen atoms in total. The summed E-state index contributed by atoms with van der Waals surface area (Å²) in [4.78, 5) is 37.9. The fourth-order valence-electron chi connectivity index (χ4n) is 4.27. The Balaban J connectivity index is 1.54. The van der Waals surface area contributed by atoms with E-state index in [4.69, 9.17) is 4.74 Å². The number of piperidine rings is 1. The molecule has 3 rings (SSSR count). The summed E-state index contributed by atoms with van der Waals surface area (Å²) in [6, 6.07) is -0.218. The Morgan fingerprint density at radius 1 is 1.31 bits per heavy atom. The van der Waals surface area contributed by atoms with Crippen molar-refractivity contribution in [1.29, 1.82) is 0 Å². The first kappa shape index (κ1) is 18.9. The number of hydrogen-bond donors (Lipinski definition) is 3. The highest BCUT2D eigenvalue weighted by molar-refractivity contribution is 6.07. The molecule has 2 heterocycles. The van der Waals surface area contributed by atoms with Crippen LogP contribution in [-0.2, 0) is 9.53 Å². The van der Waals surface area contributed by atoms with E-state index in [0.29, 0.717) is 26.1 Å². The molecule has 0 bridgehead atoms. The molecule has 2 aliphatic heterocycles. The lowest BCUT2D eigenvalue weighted by atomic mass is 9.86. The van der Waals surface area contributed by atoms with Crippen LogP contribution in [0.5, 0.6) is 0 Å². The Bertz CT molecular complexity index is 588. The van der Waals surface area contributed by atoms with Crippen LogP contribution in [0, 0.1) is 5.92 Å². The SMILES string of the molecule is CC(C)(C)OC(=O)N1CCC[C@H](NC[C@@H]2CCC[C@]23NC(=O)NC3=O)C1. The first-order chi connectivity index (χ1) is 12.2. The summed E-state index contributed by atoms with van der Waals surface area (Å²) >= 11 is 0. The summed E-state index contributed by atoms with van der Waals surface area (Å²) in [6.07, 6.45) is 4.15. The number of hydrogen-bond acceptors (Lipinski definition) is 5. The maximum atomic E-state index is 12.3. The van der Waals surface area contributed by atoms with Crippen LogP contribution in [0.2, 0.25) is 0 Å². The van der Waals surface area contributed by atoms with Crippen LogP contribution in [0.1, 0.15) is 52.9 Å². The zero-order valence-electron chi connectivity index (χ0n) is 15.9. The molecule has 0 radical (unpaired) electrons. The Morgan fingerprint density at radius 2 is 2.08 bits per heavy atom. The van der Waals surface area contributed by atoms with Crippen molar-refractivity contribution in [3.63, 3.8) is 0 Å². The first-order valence-corrected chi connectivity index (χ1v) is 9.54. The molecule has 26 heavy (non-hydrogen) atoms. The van der Waals surface area contributed by atoms with Crippen LogP contribution in [-0.4, -0.2) is 59.7 Å². The minimum Gasteiger partial charge on any atom is -0.444 e. The van der Waals surface area contributed by atoms with Gasteiger partial charge >= 0.3 is 12.1 Å². The number of nitrogens with one attached hydrogen (secondary N) is 3. The van der Waals surface area contributed by atoms with Crippen molar-refractivity contribution in [2.75, 3.05) is 19.6 Å². The van der Waals surface area contributed by atoms with Crippen LogP contribution < -0.4 is 16.0 Å². The predicted octanol–water partition coefficient (Wildman–Crippen LogP) is 1.35. The lowest BCUT2D eigenvalue weighted by Gasteiger charge is -2.36. The quantitative estimate of drug-likeness (QED) is 0.655. The second kappa shape index (κ2) is 7.06. The molecule has 0 unspecified atom stereocenters. The molecule has 0 aromatic heterocycles. The fraction of sp³-hybridized carbons (Fsp3) is 0.833. The van der Waals surface area contributed by atoms with E-state index >= 15 is 0 Å². The summed E-state index contributed by atoms with van der Waals surface area (Å²) in [5, 5.41) is 8.74. The van der Waals surface area contributed by atoms with Gasteiger partial charge in [-0.2, -0.15) is 0 Å². The van der Waals surface area contributed by atoms with Gasteiger partial charge in [-0.25, -0.2) is 9.59 Å². The van der Waals surface area contributed by atoms with Gasteiger partial charge < -0.3 is 20.3 Å². The number of urea groups is 1. The second-order valence-electron chi connectivity index (χ2n) is 8.64. The van der Waals surface area contributed by atoms with Crippen molar-refractivity contribution in [3.8, 4) is 0 Å². The van der Waals surface area contributed by atoms with Gasteiger partial charge in [0, 0.05) is 31.6 Å². The van der Waals surface area contributed by atoms with Crippen LogP contribution in [0.3, 0.4) is 0 Å². The van der Waals surface area contributed by atoms with Crippen LogP contribution >= 0.6 is 0 Å². The van der Waals surface area contributed by atoms with Crippen molar-refractivity contribution in [2.45, 2.75) is 70.1 Å². The Kier molecular flexibility index (Phi) is 5.14. The van der Waals surface area contributed by atoms with E-state index in [1.54, 1.807) is 4.90 Å². The van der Waals surface area contributed by atoms with E-state index in [1.165, 1.54) is 0 Å². The molecular formula is C18H30N4O4. The van der Waals surface area contributed by atoms with Crippen molar-refractivity contribution in [3.05, 3.63) is 0 Å². The molecule has 0 aromatic rings. The standard InChI is InChI=1S/C18H30N4O4/c1-17(2,3)26-16(25)22-9-5-7-13(11-22)19-10-12-6-4-8-18(12)14(23)20-15(24)21-18/h12-13,19H,4-11H2,1-3H3,(H2,20,21,23,24)/t12-,13-,18-/m0/s1. The van der Waals surface area contributed by atoms with Crippen molar-refractivity contribution < 1.29 is 19.1 Å². The van der Waals surface area contributed by atoms with Gasteiger partial charge in [-0.1, -0.05) is 6.42 Å². The highest BCUT2D eigenvalue weighted by atomic mass is 16.6. The molecule has 2 saturated heterocycles. The largest absolute Gasteiger partial charge is 0.444 e. The van der Waals surface area contributed by atoms with E-state index in [-0.39, 0.29) is 24.0 Å². The van der Waals surface area contributed by atoms with Crippen molar-refractivity contribution >= 4 is 18.0 Å². The van der Waals surface area contributed by atoms with E-state index in [2.05, 4.69) is 16.0 Å². The third-order valence-corrected chi connectivity index (χ3v) is 5.52. The molecule has 1 saturated carbocycles. The lowest BCUT2D eigenvalue weighted by Crippen LogP contribution is -2.55. The number of carbonyl (C=O) groups excluding carboxylic acids is 3. The molecular weight excluding hydrogens is 336 g/mol. The van der Waals surface area contributed by atoms with Gasteiger partial charge in [0.2, 0.25) is 0 Å². The number of ether oxygens (including phenoxy) is 1. The maximum absolute atomic E-state index is 12.3. The van der Waals surface area contributed by atoms with E-state index in [0.717, 1.165) is 25.7 Å². The molecule has 3 atom stereocenters. The highest BCUT2D eigenvalue weighted by Gasteiger charge is 2.54. The van der Waals surface area contributed by atoms with Crippen molar-refractivity contribution in [1.82, 2.24) is 20.9 Å². The third kappa shape index (κ3) is 3.95. The van der Waals surface area contributed by atoms with E-state index in [1.807, 2.05) is 20.8 Å². The minimum atomic E-state index is -0.760. The Hall–Kier alpha value is -1.83. The van der Waals surface area contributed by atoms with Crippen LogP contribution in [0.15, 0.2) is 0 Å². The lowest BCUT2D eigenvalue weighted by molar-refractivity contribution is -0.125. The van der Waals surface area contributed by atoms with Crippen LogP contribution in [0.25, 0.3) is 0 Å². The topological polar surface area (TPSA) is 99.8 Å². The summed E-state index contributed by atoms with van der Waals surface area (Å²) in [7, 11) is 0. The van der Waals surface area contributed by atoms with Gasteiger partial charge in [0.25, 0.3) is 5.91 Å². The summed E-state index contributed by atoms with van der Waals surface area (Å²) in [5.41, 5.74) is -1.26. The van der Waals surface area contributed by atoms with Gasteiger partial charge in [-0.3, -0.25) is 10.1 Å². The minimum absolute atomic E-state index is 0.0749. The molecule has 4 amide bonds. The fourth-order valence-corrected chi connectivity index (χ4v) is 4.27. The van der Waals surface area contributed by atoms with Gasteiger partial charge in [0.1, 0.15) is 11.1 Å². The van der Waals surface area contributed by atoms with Gasteiger partial charge in [-0.15, -0.1) is 0 Å². The predicted molar refractivity (Wildman–Crippen MR) is 95.6 cm³/mol. The Morgan fingerprint density at radius 3 is 2.73 bits per heavy atom. The molecule has 1 aliphatic carbocycles. The molecule has 3 aliphatic rings. The zero-order chi connectivity index (χ0) is 18.9. The average Bonchev–Trinajstić information content (AvgIpc) is 3.07. The molecule has 0 aromatic carbocycles. The number of carbonyl (C=O) groups is 3. The third-order valence-electron chi connectivity index (χ3n) is 5.52. The number of likely N-dealkylation sites (tertiary alicyclic amines) is 1. The molecule has 8 heteroatoms. The number of amides is 4. The smallest absolute Gasteiger partial charge is 0.410 e. The summed E-state index contributed by atoms with van der Waals surface area (Å²) in [5.74, 6) is -0.128. The van der Waals surface area contributed by atoms with E-state index < -0.39 is 17.2 Å². The van der Waals surface area contributed by atoms with Crippen molar-refractivity contribution in [2.24, 2.45) is 5.92 Å². The molecule has 3 N–H and O–H groups in total. The summed E-state index contributed by atoms with van der Waals surface area (Å²) < 4.78 is 5.46. The average molecular weight is 366 g/mol. The van der Waals surface area contributed by atoms with Gasteiger partial charge in [-0.05, 0) is 46.5 Å².